The first-order valence-electron chi connectivity index (χ1n) is 8.78. The number of aromatic nitrogens is 1. The molecule has 5 aromatic rings. The minimum atomic E-state index is -0.352. The van der Waals surface area contributed by atoms with Crippen LogP contribution >= 0.6 is 0 Å². The Balaban J connectivity index is 1.79. The normalized spacial score (nSPS) is 11.7. The fourth-order valence-electron chi connectivity index (χ4n) is 3.55. The molecule has 0 aliphatic carbocycles. The second-order valence-electron chi connectivity index (χ2n) is 6.48. The molecule has 0 saturated heterocycles. The van der Waals surface area contributed by atoms with Crippen LogP contribution in [-0.4, -0.2) is 11.2 Å². The Hall–Kier alpha value is -3.59. The van der Waals surface area contributed by atoms with E-state index in [9.17, 15) is 4.39 Å². The van der Waals surface area contributed by atoms with E-state index in [1.807, 2.05) is 12.1 Å². The summed E-state index contributed by atoms with van der Waals surface area (Å²) in [7, 11) is 0. The molecule has 1 heterocycles. The number of hydrogen-bond donors (Lipinski definition) is 0. The van der Waals surface area contributed by atoms with E-state index in [0.29, 0.717) is 5.69 Å². The molecule has 0 aliphatic rings. The average molecular weight is 350 g/mol. The largest absolute Gasteiger partial charge is 0.254 e. The number of rotatable bonds is 2. The van der Waals surface area contributed by atoms with Crippen molar-refractivity contribution in [2.24, 2.45) is 4.99 Å². The SMILES string of the molecule is Fc1ccc(/C=N/c2cc3c4ccccc4ccc3c3ccccc23)nc1. The van der Waals surface area contributed by atoms with Crippen LogP contribution in [0.15, 0.2) is 90.1 Å². The van der Waals surface area contributed by atoms with E-state index in [2.05, 4.69) is 64.6 Å². The van der Waals surface area contributed by atoms with E-state index >= 15 is 0 Å². The second kappa shape index (κ2) is 6.29. The highest BCUT2D eigenvalue weighted by molar-refractivity contribution is 6.20. The third kappa shape index (κ3) is 2.74. The van der Waals surface area contributed by atoms with Gasteiger partial charge in [0.2, 0.25) is 0 Å². The summed E-state index contributed by atoms with van der Waals surface area (Å²) in [6.45, 7) is 0. The highest BCUT2D eigenvalue weighted by Gasteiger charge is 2.08. The van der Waals surface area contributed by atoms with Crippen molar-refractivity contribution < 1.29 is 4.39 Å². The molecule has 128 valence electrons. The fourth-order valence-corrected chi connectivity index (χ4v) is 3.55. The fraction of sp³-hybridized carbons (Fsp3) is 0. The Morgan fingerprint density at radius 2 is 1.44 bits per heavy atom. The van der Waals surface area contributed by atoms with E-state index in [-0.39, 0.29) is 5.82 Å². The van der Waals surface area contributed by atoms with Crippen molar-refractivity contribution in [1.29, 1.82) is 0 Å². The number of aliphatic imine (C=N–C) groups is 1. The molecule has 1 aromatic heterocycles. The van der Waals surface area contributed by atoms with E-state index in [1.54, 1.807) is 12.3 Å². The highest BCUT2D eigenvalue weighted by atomic mass is 19.1. The van der Waals surface area contributed by atoms with E-state index < -0.39 is 0 Å². The van der Waals surface area contributed by atoms with Crippen LogP contribution in [0.1, 0.15) is 5.69 Å². The van der Waals surface area contributed by atoms with E-state index in [1.165, 1.54) is 39.2 Å². The third-order valence-corrected chi connectivity index (χ3v) is 4.83. The molecule has 27 heavy (non-hydrogen) atoms. The summed E-state index contributed by atoms with van der Waals surface area (Å²) >= 11 is 0. The van der Waals surface area contributed by atoms with Gasteiger partial charge >= 0.3 is 0 Å². The maximum Gasteiger partial charge on any atom is 0.141 e. The summed E-state index contributed by atoms with van der Waals surface area (Å²) in [6.07, 6.45) is 2.88. The zero-order chi connectivity index (χ0) is 18.2. The molecule has 0 amide bonds. The van der Waals surface area contributed by atoms with E-state index in [0.717, 1.165) is 11.1 Å². The molecule has 0 bridgehead atoms. The molecule has 0 N–H and O–H groups in total. The van der Waals surface area contributed by atoms with Crippen molar-refractivity contribution in [2.45, 2.75) is 0 Å². The molecule has 0 fully saturated rings. The van der Waals surface area contributed by atoms with Gasteiger partial charge in [0.25, 0.3) is 0 Å². The maximum absolute atomic E-state index is 13.1. The lowest BCUT2D eigenvalue weighted by atomic mass is 9.96. The Morgan fingerprint density at radius 3 is 2.26 bits per heavy atom. The number of benzene rings is 4. The lowest BCUT2D eigenvalue weighted by Gasteiger charge is -2.10. The molecule has 0 saturated carbocycles. The number of hydrogen-bond acceptors (Lipinski definition) is 2. The van der Waals surface area contributed by atoms with Gasteiger partial charge in [-0.1, -0.05) is 60.7 Å². The van der Waals surface area contributed by atoms with Gasteiger partial charge < -0.3 is 0 Å². The van der Waals surface area contributed by atoms with Gasteiger partial charge in [-0.15, -0.1) is 0 Å². The molecule has 0 aliphatic heterocycles. The molecule has 0 atom stereocenters. The lowest BCUT2D eigenvalue weighted by molar-refractivity contribution is 0.621. The summed E-state index contributed by atoms with van der Waals surface area (Å²) in [6, 6.07) is 26.1. The number of fused-ring (bicyclic) bond motifs is 5. The maximum atomic E-state index is 13.1. The molecule has 5 rings (SSSR count). The zero-order valence-corrected chi connectivity index (χ0v) is 14.4. The molecule has 2 nitrogen and oxygen atoms in total. The summed E-state index contributed by atoms with van der Waals surface area (Å²) < 4.78 is 13.1. The molecule has 0 spiro atoms. The van der Waals surface area contributed by atoms with Gasteiger partial charge in [-0.3, -0.25) is 9.98 Å². The smallest absolute Gasteiger partial charge is 0.141 e. The summed E-state index contributed by atoms with van der Waals surface area (Å²) in [4.78, 5) is 8.74. The predicted molar refractivity (Wildman–Crippen MR) is 110 cm³/mol. The zero-order valence-electron chi connectivity index (χ0n) is 14.4. The van der Waals surface area contributed by atoms with Crippen molar-refractivity contribution in [3.05, 3.63) is 96.6 Å². The first-order chi connectivity index (χ1) is 13.3. The molecule has 3 heteroatoms. The summed E-state index contributed by atoms with van der Waals surface area (Å²) in [5.41, 5.74) is 1.50. The van der Waals surface area contributed by atoms with Crippen molar-refractivity contribution in [1.82, 2.24) is 4.98 Å². The monoisotopic (exact) mass is 350 g/mol. The van der Waals surface area contributed by atoms with E-state index in [4.69, 9.17) is 0 Å². The lowest BCUT2D eigenvalue weighted by Crippen LogP contribution is -1.88. The van der Waals surface area contributed by atoms with Crippen LogP contribution < -0.4 is 0 Å². The Bertz CT molecular complexity index is 1320. The van der Waals surface area contributed by atoms with Crippen LogP contribution in [0.4, 0.5) is 10.1 Å². The van der Waals surface area contributed by atoms with Gasteiger partial charge in [0, 0.05) is 5.39 Å². The van der Waals surface area contributed by atoms with Crippen LogP contribution in [0.3, 0.4) is 0 Å². The van der Waals surface area contributed by atoms with Crippen LogP contribution in [0.2, 0.25) is 0 Å². The van der Waals surface area contributed by atoms with Gasteiger partial charge in [0.15, 0.2) is 0 Å². The van der Waals surface area contributed by atoms with Crippen molar-refractivity contribution in [3.8, 4) is 0 Å². The number of pyridine rings is 1. The van der Waals surface area contributed by atoms with Crippen LogP contribution in [-0.2, 0) is 0 Å². The Kier molecular flexibility index (Phi) is 3.65. The van der Waals surface area contributed by atoms with Gasteiger partial charge in [-0.05, 0) is 45.1 Å². The first-order valence-corrected chi connectivity index (χ1v) is 8.78. The minimum absolute atomic E-state index is 0.352. The molecule has 0 radical (unpaired) electrons. The van der Waals surface area contributed by atoms with Crippen molar-refractivity contribution in [3.63, 3.8) is 0 Å². The standard InChI is InChI=1S/C24H15FN2/c25-17-10-11-18(26-14-17)15-27-24-13-23-19-6-2-1-5-16(19)9-12-21(23)20-7-3-4-8-22(20)24/h1-15H/b27-15+. The van der Waals surface area contributed by atoms with Gasteiger partial charge in [-0.25, -0.2) is 4.39 Å². The molecule has 4 aromatic carbocycles. The topological polar surface area (TPSA) is 25.2 Å². The average Bonchev–Trinajstić information content (AvgIpc) is 2.73. The quantitative estimate of drug-likeness (QED) is 0.266. The number of nitrogens with zero attached hydrogens (tertiary/aromatic N) is 2. The van der Waals surface area contributed by atoms with Crippen molar-refractivity contribution in [2.75, 3.05) is 0 Å². The number of halogens is 1. The summed E-state index contributed by atoms with van der Waals surface area (Å²) in [5.74, 6) is -0.352. The minimum Gasteiger partial charge on any atom is -0.254 e. The molecular formula is C24H15FN2. The predicted octanol–water partition coefficient (Wildman–Crippen LogP) is 6.43. The molecular weight excluding hydrogens is 335 g/mol. The Morgan fingerprint density at radius 1 is 0.704 bits per heavy atom. The van der Waals surface area contributed by atoms with Crippen LogP contribution in [0, 0.1) is 5.82 Å². The highest BCUT2D eigenvalue weighted by Crippen LogP contribution is 2.37. The van der Waals surface area contributed by atoms with Crippen LogP contribution in [0.25, 0.3) is 32.3 Å². The third-order valence-electron chi connectivity index (χ3n) is 4.83. The van der Waals surface area contributed by atoms with Gasteiger partial charge in [-0.2, -0.15) is 0 Å². The second-order valence-corrected chi connectivity index (χ2v) is 6.48. The van der Waals surface area contributed by atoms with Gasteiger partial charge in [0.1, 0.15) is 5.82 Å². The summed E-state index contributed by atoms with van der Waals surface area (Å²) in [5, 5.41) is 7.04. The first kappa shape index (κ1) is 15.6. The van der Waals surface area contributed by atoms with Gasteiger partial charge in [0.05, 0.1) is 23.8 Å². The Labute approximate surface area is 155 Å². The van der Waals surface area contributed by atoms with Crippen LogP contribution in [0.5, 0.6) is 0 Å². The van der Waals surface area contributed by atoms with Crippen molar-refractivity contribution >= 4 is 44.2 Å². The molecule has 0 unspecified atom stereocenters.